The minimum Gasteiger partial charge on any atom is -0.492 e. The van der Waals surface area contributed by atoms with Gasteiger partial charge in [-0.1, -0.05) is 12.5 Å². The molecule has 1 fully saturated rings. The summed E-state index contributed by atoms with van der Waals surface area (Å²) in [5.74, 6) is 1.59. The molecule has 18 heavy (non-hydrogen) atoms. The molecule has 1 aliphatic carbocycles. The Morgan fingerprint density at radius 1 is 1.50 bits per heavy atom. The highest BCUT2D eigenvalue weighted by molar-refractivity contribution is 9.10. The van der Waals surface area contributed by atoms with E-state index in [4.69, 9.17) is 4.74 Å². The van der Waals surface area contributed by atoms with Crippen LogP contribution in [0.1, 0.15) is 30.9 Å². The Morgan fingerprint density at radius 2 is 2.28 bits per heavy atom. The minimum atomic E-state index is -0.480. The third-order valence-corrected chi connectivity index (χ3v) is 4.06. The van der Waals surface area contributed by atoms with Gasteiger partial charge in [-0.3, -0.25) is 0 Å². The lowest BCUT2D eigenvalue weighted by Crippen LogP contribution is -2.19. The molecule has 2 rings (SSSR count). The summed E-state index contributed by atoms with van der Waals surface area (Å²) in [4.78, 5) is 0. The van der Waals surface area contributed by atoms with Crippen molar-refractivity contribution in [2.75, 3.05) is 20.2 Å². The van der Waals surface area contributed by atoms with Crippen molar-refractivity contribution in [2.24, 2.45) is 5.92 Å². The fourth-order valence-electron chi connectivity index (χ4n) is 2.02. The van der Waals surface area contributed by atoms with Gasteiger partial charge >= 0.3 is 0 Å². The van der Waals surface area contributed by atoms with Crippen molar-refractivity contribution >= 4 is 15.9 Å². The summed E-state index contributed by atoms with van der Waals surface area (Å²) in [5.41, 5.74) is 0.896. The van der Waals surface area contributed by atoms with Crippen molar-refractivity contribution in [1.82, 2.24) is 5.32 Å². The summed E-state index contributed by atoms with van der Waals surface area (Å²) in [6.45, 7) is 1.35. The smallest absolute Gasteiger partial charge is 0.133 e. The molecule has 3 nitrogen and oxygen atoms in total. The normalized spacial score (nSPS) is 17.3. The monoisotopic (exact) mass is 313 g/mol. The van der Waals surface area contributed by atoms with E-state index in [1.54, 1.807) is 0 Å². The van der Waals surface area contributed by atoms with Crippen LogP contribution in [0.5, 0.6) is 5.75 Å². The fraction of sp³-hybridized carbons (Fsp3) is 0.571. The Balaban J connectivity index is 1.95. The van der Waals surface area contributed by atoms with Crippen LogP contribution < -0.4 is 10.1 Å². The van der Waals surface area contributed by atoms with Crippen molar-refractivity contribution < 1.29 is 9.84 Å². The van der Waals surface area contributed by atoms with Gasteiger partial charge in [0, 0.05) is 6.54 Å². The molecule has 0 spiro atoms. The van der Waals surface area contributed by atoms with E-state index in [1.807, 2.05) is 25.2 Å². The number of hydrogen-bond acceptors (Lipinski definition) is 3. The lowest BCUT2D eigenvalue weighted by atomic mass is 9.86. The molecule has 4 heteroatoms. The summed E-state index contributed by atoms with van der Waals surface area (Å²) in [5, 5.41) is 12.8. The molecule has 2 N–H and O–H groups in total. The van der Waals surface area contributed by atoms with Crippen molar-refractivity contribution in [3.8, 4) is 5.75 Å². The summed E-state index contributed by atoms with van der Waals surface area (Å²) in [6.07, 6.45) is 3.43. The average Bonchev–Trinajstić information content (AvgIpc) is 2.29. The second kappa shape index (κ2) is 6.55. The lowest BCUT2D eigenvalue weighted by molar-refractivity contribution is 0.175. The van der Waals surface area contributed by atoms with Gasteiger partial charge in [0.15, 0.2) is 0 Å². The fourth-order valence-corrected chi connectivity index (χ4v) is 2.53. The number of nitrogens with one attached hydrogen (secondary N) is 1. The Labute approximate surface area is 117 Å². The summed E-state index contributed by atoms with van der Waals surface area (Å²) in [7, 11) is 1.83. The maximum atomic E-state index is 9.88. The zero-order chi connectivity index (χ0) is 13.0. The second-order valence-corrected chi connectivity index (χ2v) is 5.73. The first-order chi connectivity index (χ1) is 8.70. The molecular formula is C14H20BrNO2. The molecule has 0 aromatic heterocycles. The number of hydrogen-bond donors (Lipinski definition) is 2. The van der Waals surface area contributed by atoms with E-state index in [2.05, 4.69) is 21.2 Å². The second-order valence-electron chi connectivity index (χ2n) is 4.87. The van der Waals surface area contributed by atoms with Crippen LogP contribution in [0.3, 0.4) is 0 Å². The first-order valence-electron chi connectivity index (χ1n) is 6.45. The van der Waals surface area contributed by atoms with Gasteiger partial charge in [0.25, 0.3) is 0 Å². The third kappa shape index (κ3) is 3.46. The Hall–Kier alpha value is -0.580. The number of rotatable bonds is 6. The number of ether oxygens (including phenoxy) is 1. The van der Waals surface area contributed by atoms with E-state index in [0.29, 0.717) is 6.54 Å². The van der Waals surface area contributed by atoms with Gasteiger partial charge in [0.1, 0.15) is 5.75 Å². The van der Waals surface area contributed by atoms with E-state index in [1.165, 1.54) is 19.3 Å². The van der Waals surface area contributed by atoms with Gasteiger partial charge in [-0.2, -0.15) is 0 Å². The van der Waals surface area contributed by atoms with Crippen LogP contribution in [-0.2, 0) is 0 Å². The highest BCUT2D eigenvalue weighted by Crippen LogP contribution is 2.31. The topological polar surface area (TPSA) is 41.5 Å². The molecule has 1 atom stereocenters. The molecule has 0 aliphatic heterocycles. The largest absolute Gasteiger partial charge is 0.492 e. The number of benzene rings is 1. The molecule has 100 valence electrons. The summed E-state index contributed by atoms with van der Waals surface area (Å²) in [6, 6.07) is 5.78. The van der Waals surface area contributed by atoms with Crippen molar-refractivity contribution in [2.45, 2.75) is 25.4 Å². The van der Waals surface area contributed by atoms with Gasteiger partial charge in [-0.25, -0.2) is 0 Å². The maximum absolute atomic E-state index is 9.88. The zero-order valence-corrected chi connectivity index (χ0v) is 12.2. The first kappa shape index (κ1) is 13.8. The standard InChI is InChI=1S/C14H20BrNO2/c1-16-8-13(17)11-5-6-14(12(15)7-11)18-9-10-3-2-4-10/h5-7,10,13,16-17H,2-4,8-9H2,1H3. The molecule has 1 aromatic rings. The van der Waals surface area contributed by atoms with E-state index in [-0.39, 0.29) is 0 Å². The minimum absolute atomic E-state index is 0.480. The number of likely N-dealkylation sites (N-methyl/N-ethyl adjacent to an activating group) is 1. The van der Waals surface area contributed by atoms with E-state index in [9.17, 15) is 5.11 Å². The van der Waals surface area contributed by atoms with Crippen molar-refractivity contribution in [1.29, 1.82) is 0 Å². The summed E-state index contributed by atoms with van der Waals surface area (Å²) >= 11 is 3.50. The molecule has 1 aromatic carbocycles. The Bertz CT molecular complexity index is 393. The van der Waals surface area contributed by atoms with E-state index >= 15 is 0 Å². The number of aliphatic hydroxyl groups is 1. The molecule has 0 heterocycles. The van der Waals surface area contributed by atoms with Gasteiger partial charge < -0.3 is 15.2 Å². The predicted octanol–water partition coefficient (Wildman–Crippen LogP) is 2.88. The average molecular weight is 314 g/mol. The van der Waals surface area contributed by atoms with Gasteiger partial charge in [-0.15, -0.1) is 0 Å². The van der Waals surface area contributed by atoms with Crippen molar-refractivity contribution in [3.05, 3.63) is 28.2 Å². The Kier molecular flexibility index (Phi) is 5.03. The van der Waals surface area contributed by atoms with E-state index in [0.717, 1.165) is 28.3 Å². The van der Waals surface area contributed by atoms with Crippen LogP contribution in [-0.4, -0.2) is 25.3 Å². The molecule has 1 unspecified atom stereocenters. The van der Waals surface area contributed by atoms with Crippen LogP contribution in [0.4, 0.5) is 0 Å². The maximum Gasteiger partial charge on any atom is 0.133 e. The highest BCUT2D eigenvalue weighted by atomic mass is 79.9. The molecule has 1 aliphatic rings. The van der Waals surface area contributed by atoms with Crippen LogP contribution in [0.25, 0.3) is 0 Å². The van der Waals surface area contributed by atoms with Crippen LogP contribution in [0, 0.1) is 5.92 Å². The Morgan fingerprint density at radius 3 is 2.83 bits per heavy atom. The van der Waals surface area contributed by atoms with Crippen LogP contribution in [0.15, 0.2) is 22.7 Å². The predicted molar refractivity (Wildman–Crippen MR) is 75.9 cm³/mol. The number of halogens is 1. The zero-order valence-electron chi connectivity index (χ0n) is 10.7. The third-order valence-electron chi connectivity index (χ3n) is 3.44. The van der Waals surface area contributed by atoms with Gasteiger partial charge in [-0.05, 0) is 59.4 Å². The molecule has 0 saturated heterocycles. The first-order valence-corrected chi connectivity index (χ1v) is 7.25. The van der Waals surface area contributed by atoms with Gasteiger partial charge in [0.2, 0.25) is 0 Å². The van der Waals surface area contributed by atoms with Crippen LogP contribution in [0.2, 0.25) is 0 Å². The molecule has 1 saturated carbocycles. The van der Waals surface area contributed by atoms with Crippen LogP contribution >= 0.6 is 15.9 Å². The van der Waals surface area contributed by atoms with Crippen molar-refractivity contribution in [3.63, 3.8) is 0 Å². The SMILES string of the molecule is CNCC(O)c1ccc(OCC2CCC2)c(Br)c1. The summed E-state index contributed by atoms with van der Waals surface area (Å²) < 4.78 is 6.70. The van der Waals surface area contributed by atoms with E-state index < -0.39 is 6.10 Å². The molecule has 0 radical (unpaired) electrons. The lowest BCUT2D eigenvalue weighted by Gasteiger charge is -2.25. The highest BCUT2D eigenvalue weighted by Gasteiger charge is 2.18. The molecule has 0 bridgehead atoms. The quantitative estimate of drug-likeness (QED) is 0.848. The molecular weight excluding hydrogens is 294 g/mol. The molecule has 0 amide bonds. The van der Waals surface area contributed by atoms with Gasteiger partial charge in [0.05, 0.1) is 17.2 Å². The number of aliphatic hydroxyl groups excluding tert-OH is 1.